The zero-order valence-corrected chi connectivity index (χ0v) is 27.8. The van der Waals surface area contributed by atoms with Crippen molar-refractivity contribution < 1.29 is 0 Å². The molecule has 0 spiro atoms. The van der Waals surface area contributed by atoms with Crippen molar-refractivity contribution >= 4 is 65.0 Å². The summed E-state index contributed by atoms with van der Waals surface area (Å²) in [7, 11) is 0. The van der Waals surface area contributed by atoms with Crippen LogP contribution in [0.15, 0.2) is 152 Å². The maximum Gasteiger partial charge on any atom is 0.0702 e. The van der Waals surface area contributed by atoms with Crippen LogP contribution in [0.25, 0.3) is 93.0 Å². The second-order valence-corrected chi connectivity index (χ2v) is 14.5. The van der Waals surface area contributed by atoms with Gasteiger partial charge in [0.2, 0.25) is 0 Å². The van der Waals surface area contributed by atoms with Gasteiger partial charge in [-0.2, -0.15) is 0 Å². The minimum Gasteiger partial charge on any atom is -0.309 e. The van der Waals surface area contributed by atoms with Crippen molar-refractivity contribution in [2.75, 3.05) is 0 Å². The van der Waals surface area contributed by atoms with E-state index in [4.69, 9.17) is 4.98 Å². The maximum atomic E-state index is 4.89. The normalized spacial score (nSPS) is 12.4. The van der Waals surface area contributed by atoms with Crippen molar-refractivity contribution in [3.05, 3.63) is 157 Å². The molecule has 0 N–H and O–H groups in total. The van der Waals surface area contributed by atoms with E-state index in [0.717, 1.165) is 22.2 Å². The minimum absolute atomic E-state index is 0.0651. The topological polar surface area (TPSA) is 17.8 Å². The van der Waals surface area contributed by atoms with Gasteiger partial charge in [-0.3, -0.25) is 4.98 Å². The van der Waals surface area contributed by atoms with Crippen LogP contribution in [0.4, 0.5) is 0 Å². The number of fused-ring (bicyclic) bond motifs is 4. The summed E-state index contributed by atoms with van der Waals surface area (Å²) in [5, 5.41) is 11.5. The van der Waals surface area contributed by atoms with E-state index in [1.54, 1.807) is 0 Å². The van der Waals surface area contributed by atoms with Gasteiger partial charge in [-0.15, -0.1) is 0 Å². The lowest BCUT2D eigenvalue weighted by molar-refractivity contribution is 0.591. The van der Waals surface area contributed by atoms with Crippen LogP contribution in [-0.2, 0) is 5.41 Å². The van der Waals surface area contributed by atoms with E-state index in [2.05, 4.69) is 171 Å². The van der Waals surface area contributed by atoms with E-state index in [0.29, 0.717) is 0 Å². The van der Waals surface area contributed by atoms with Gasteiger partial charge in [0, 0.05) is 33.6 Å². The first-order valence-corrected chi connectivity index (χ1v) is 17.1. The summed E-state index contributed by atoms with van der Waals surface area (Å²) in [6.45, 7) is 6.89. The average molecular weight is 627 g/mol. The standard InChI is InChI=1S/C47H34N2/c1-47(2,3)34-25-31-18-22-38-40(29-16-20-35(21-17-29)49-43-14-8-5-11-36(43)37-12-6-9-15-44(37)49)27-41(39-23-19-32(26-34)45(31)46(38)39)33-24-30-10-4-7-13-42(30)48-28-33/h4-28H,1-3H3. The van der Waals surface area contributed by atoms with E-state index in [-0.39, 0.29) is 5.41 Å². The Labute approximate surface area is 285 Å². The highest BCUT2D eigenvalue weighted by Gasteiger charge is 2.21. The highest BCUT2D eigenvalue weighted by molar-refractivity contribution is 6.28. The Bertz CT molecular complexity index is 2830. The number of benzene rings is 8. The van der Waals surface area contributed by atoms with Crippen LogP contribution in [0.3, 0.4) is 0 Å². The van der Waals surface area contributed by atoms with Crippen molar-refractivity contribution in [2.24, 2.45) is 0 Å². The Morgan fingerprint density at radius 3 is 1.71 bits per heavy atom. The minimum atomic E-state index is 0.0651. The molecule has 232 valence electrons. The van der Waals surface area contributed by atoms with Crippen LogP contribution in [-0.4, -0.2) is 9.55 Å². The first kappa shape index (κ1) is 28.1. The van der Waals surface area contributed by atoms with E-state index in [9.17, 15) is 0 Å². The Morgan fingerprint density at radius 2 is 1.06 bits per heavy atom. The number of hydrogen-bond donors (Lipinski definition) is 0. The van der Waals surface area contributed by atoms with Gasteiger partial charge in [-0.05, 0) is 102 Å². The molecule has 2 nitrogen and oxygen atoms in total. The zero-order valence-electron chi connectivity index (χ0n) is 27.8. The Balaban J connectivity index is 1.23. The van der Waals surface area contributed by atoms with Crippen LogP contribution in [0, 0.1) is 0 Å². The number of aromatic nitrogens is 2. The molecule has 49 heavy (non-hydrogen) atoms. The summed E-state index contributed by atoms with van der Waals surface area (Å²) in [6, 6.07) is 53.7. The van der Waals surface area contributed by atoms with E-state index < -0.39 is 0 Å². The summed E-state index contributed by atoms with van der Waals surface area (Å²) >= 11 is 0. The van der Waals surface area contributed by atoms with Crippen LogP contribution < -0.4 is 0 Å². The smallest absolute Gasteiger partial charge is 0.0702 e. The third kappa shape index (κ3) is 4.24. The highest BCUT2D eigenvalue weighted by Crippen LogP contribution is 2.45. The SMILES string of the molecule is CC(C)(C)c1cc2ccc3c(-c4ccc(-n5c6ccccc6c6ccccc65)cc4)cc(-c4cnc5ccccc5c4)c4ccc(c1)c2c34. The lowest BCUT2D eigenvalue weighted by atomic mass is 9.81. The molecule has 0 aliphatic rings. The van der Waals surface area contributed by atoms with Crippen LogP contribution >= 0.6 is 0 Å². The van der Waals surface area contributed by atoms with Crippen LogP contribution in [0.5, 0.6) is 0 Å². The highest BCUT2D eigenvalue weighted by atomic mass is 15.0. The molecule has 2 heteroatoms. The quantitative estimate of drug-likeness (QED) is 0.178. The molecule has 0 amide bonds. The molecule has 0 saturated carbocycles. The largest absolute Gasteiger partial charge is 0.309 e. The zero-order chi connectivity index (χ0) is 32.9. The predicted molar refractivity (Wildman–Crippen MR) is 209 cm³/mol. The molecule has 0 atom stereocenters. The third-order valence-corrected chi connectivity index (χ3v) is 10.5. The van der Waals surface area contributed by atoms with Crippen molar-refractivity contribution in [3.8, 4) is 27.9 Å². The predicted octanol–water partition coefficient (Wildman–Crippen LogP) is 12.9. The molecule has 8 aromatic carbocycles. The summed E-state index contributed by atoms with van der Waals surface area (Å²) in [5.74, 6) is 0. The molecular weight excluding hydrogens is 593 g/mol. The monoisotopic (exact) mass is 626 g/mol. The fourth-order valence-electron chi connectivity index (χ4n) is 8.04. The maximum absolute atomic E-state index is 4.89. The summed E-state index contributed by atoms with van der Waals surface area (Å²) in [4.78, 5) is 4.89. The van der Waals surface area contributed by atoms with Crippen molar-refractivity contribution in [3.63, 3.8) is 0 Å². The van der Waals surface area contributed by atoms with Crippen LogP contribution in [0.2, 0.25) is 0 Å². The lowest BCUT2D eigenvalue weighted by Gasteiger charge is -2.23. The second-order valence-electron chi connectivity index (χ2n) is 14.5. The molecule has 2 aromatic heterocycles. The molecule has 0 fully saturated rings. The van der Waals surface area contributed by atoms with E-state index >= 15 is 0 Å². The van der Waals surface area contributed by atoms with Gasteiger partial charge >= 0.3 is 0 Å². The van der Waals surface area contributed by atoms with Gasteiger partial charge in [0.1, 0.15) is 0 Å². The molecule has 10 rings (SSSR count). The second kappa shape index (κ2) is 10.3. The number of para-hydroxylation sites is 3. The van der Waals surface area contributed by atoms with Crippen molar-refractivity contribution in [1.29, 1.82) is 0 Å². The molecule has 10 aromatic rings. The lowest BCUT2D eigenvalue weighted by Crippen LogP contribution is -2.10. The molecule has 0 aliphatic heterocycles. The van der Waals surface area contributed by atoms with E-state index in [1.165, 1.54) is 76.4 Å². The van der Waals surface area contributed by atoms with E-state index in [1.807, 2.05) is 6.20 Å². The third-order valence-electron chi connectivity index (χ3n) is 10.5. The average Bonchev–Trinajstić information content (AvgIpc) is 3.47. The number of pyridine rings is 1. The van der Waals surface area contributed by atoms with Crippen molar-refractivity contribution in [2.45, 2.75) is 26.2 Å². The molecule has 0 aliphatic carbocycles. The Morgan fingerprint density at radius 1 is 0.469 bits per heavy atom. The number of rotatable bonds is 3. The van der Waals surface area contributed by atoms with Crippen molar-refractivity contribution in [1.82, 2.24) is 9.55 Å². The molecule has 0 radical (unpaired) electrons. The van der Waals surface area contributed by atoms with Gasteiger partial charge in [0.05, 0.1) is 16.6 Å². The summed E-state index contributed by atoms with van der Waals surface area (Å²) < 4.78 is 2.39. The molecule has 2 heterocycles. The first-order chi connectivity index (χ1) is 23.9. The summed E-state index contributed by atoms with van der Waals surface area (Å²) in [5.41, 5.74) is 10.8. The summed E-state index contributed by atoms with van der Waals surface area (Å²) in [6.07, 6.45) is 2.04. The fourth-order valence-corrected chi connectivity index (χ4v) is 8.04. The van der Waals surface area contributed by atoms with Gasteiger partial charge < -0.3 is 4.57 Å². The van der Waals surface area contributed by atoms with Gasteiger partial charge in [0.25, 0.3) is 0 Å². The van der Waals surface area contributed by atoms with Crippen LogP contribution in [0.1, 0.15) is 26.3 Å². The van der Waals surface area contributed by atoms with Gasteiger partial charge in [-0.1, -0.05) is 124 Å². The fraction of sp³-hybridized carbons (Fsp3) is 0.0851. The Kier molecular flexibility index (Phi) is 5.87. The Hall–Kier alpha value is -5.99. The molecule has 0 unspecified atom stereocenters. The van der Waals surface area contributed by atoms with Gasteiger partial charge in [-0.25, -0.2) is 0 Å². The number of nitrogens with zero attached hydrogens (tertiary/aromatic N) is 2. The number of hydrogen-bond acceptors (Lipinski definition) is 1. The molecular formula is C47H34N2. The molecule has 0 bridgehead atoms. The molecule has 0 saturated heterocycles. The van der Waals surface area contributed by atoms with Gasteiger partial charge in [0.15, 0.2) is 0 Å². The first-order valence-electron chi connectivity index (χ1n) is 17.1.